The van der Waals surface area contributed by atoms with Crippen LogP contribution in [0, 0.1) is 17.2 Å². The van der Waals surface area contributed by atoms with Gasteiger partial charge in [0.05, 0.1) is 22.9 Å². The van der Waals surface area contributed by atoms with Gasteiger partial charge in [-0.2, -0.15) is 18.4 Å². The van der Waals surface area contributed by atoms with Gasteiger partial charge in [-0.3, -0.25) is 0 Å². The average molecular weight is 300 g/mol. The van der Waals surface area contributed by atoms with Crippen LogP contribution in [0.1, 0.15) is 37.8 Å². The van der Waals surface area contributed by atoms with Crippen LogP contribution in [0.4, 0.5) is 18.9 Å². The number of hydrogen-bond donors (Lipinski definition) is 2. The number of rotatable bonds is 6. The first-order valence-corrected chi connectivity index (χ1v) is 6.86. The van der Waals surface area contributed by atoms with E-state index in [0.29, 0.717) is 5.69 Å². The SMILES string of the molecule is CCC(CC)C(O)CNc1ccc(C(F)(F)F)cc1C#N. The van der Waals surface area contributed by atoms with E-state index in [1.54, 1.807) is 6.07 Å². The summed E-state index contributed by atoms with van der Waals surface area (Å²) in [6.07, 6.45) is -3.44. The molecule has 116 valence electrons. The number of anilines is 1. The van der Waals surface area contributed by atoms with Gasteiger partial charge in [0.25, 0.3) is 0 Å². The van der Waals surface area contributed by atoms with Crippen LogP contribution >= 0.6 is 0 Å². The van der Waals surface area contributed by atoms with Gasteiger partial charge in [-0.1, -0.05) is 26.7 Å². The number of hydrogen-bond acceptors (Lipinski definition) is 3. The molecule has 3 nitrogen and oxygen atoms in total. The maximum atomic E-state index is 12.6. The molecule has 0 aromatic heterocycles. The quantitative estimate of drug-likeness (QED) is 0.840. The first-order valence-electron chi connectivity index (χ1n) is 6.86. The number of halogens is 3. The highest BCUT2D eigenvalue weighted by atomic mass is 19.4. The molecule has 0 aliphatic carbocycles. The Balaban J connectivity index is 2.83. The fraction of sp³-hybridized carbons (Fsp3) is 0.533. The van der Waals surface area contributed by atoms with Gasteiger partial charge in [0.2, 0.25) is 0 Å². The van der Waals surface area contributed by atoms with Crippen LogP contribution in [-0.4, -0.2) is 17.8 Å². The van der Waals surface area contributed by atoms with E-state index < -0.39 is 17.8 Å². The standard InChI is InChI=1S/C15H19F3N2O/c1-3-10(4-2)14(21)9-20-13-6-5-12(15(16,17)18)7-11(13)8-19/h5-7,10,14,20-21H,3-4,9H2,1-2H3. The third-order valence-electron chi connectivity index (χ3n) is 3.56. The number of nitrogens with one attached hydrogen (secondary N) is 1. The summed E-state index contributed by atoms with van der Waals surface area (Å²) in [6, 6.07) is 4.70. The number of aliphatic hydroxyl groups excluding tert-OH is 1. The molecular weight excluding hydrogens is 281 g/mol. The van der Waals surface area contributed by atoms with Crippen molar-refractivity contribution in [3.05, 3.63) is 29.3 Å². The zero-order valence-electron chi connectivity index (χ0n) is 12.0. The van der Waals surface area contributed by atoms with E-state index >= 15 is 0 Å². The second kappa shape index (κ2) is 7.32. The van der Waals surface area contributed by atoms with Crippen LogP contribution < -0.4 is 5.32 Å². The van der Waals surface area contributed by atoms with Crippen molar-refractivity contribution in [3.63, 3.8) is 0 Å². The molecule has 2 N–H and O–H groups in total. The van der Waals surface area contributed by atoms with Crippen LogP contribution in [0.25, 0.3) is 0 Å². The van der Waals surface area contributed by atoms with Gasteiger partial charge in [0.15, 0.2) is 0 Å². The van der Waals surface area contributed by atoms with E-state index in [2.05, 4.69) is 5.32 Å². The van der Waals surface area contributed by atoms with E-state index in [1.807, 2.05) is 13.8 Å². The number of nitriles is 1. The van der Waals surface area contributed by atoms with Crippen molar-refractivity contribution in [2.24, 2.45) is 5.92 Å². The Kier molecular flexibility index (Phi) is 6.03. The maximum absolute atomic E-state index is 12.6. The van der Waals surface area contributed by atoms with Gasteiger partial charge >= 0.3 is 6.18 Å². The molecule has 0 radical (unpaired) electrons. The topological polar surface area (TPSA) is 56.0 Å². The lowest BCUT2D eigenvalue weighted by molar-refractivity contribution is -0.137. The third kappa shape index (κ3) is 4.64. The molecule has 0 heterocycles. The second-order valence-corrected chi connectivity index (χ2v) is 4.89. The van der Waals surface area contributed by atoms with E-state index in [4.69, 9.17) is 5.26 Å². The summed E-state index contributed by atoms with van der Waals surface area (Å²) in [4.78, 5) is 0. The summed E-state index contributed by atoms with van der Waals surface area (Å²) < 4.78 is 37.7. The first-order chi connectivity index (χ1) is 9.83. The van der Waals surface area contributed by atoms with Crippen LogP contribution in [0.5, 0.6) is 0 Å². The molecule has 1 aromatic carbocycles. The fourth-order valence-electron chi connectivity index (χ4n) is 2.18. The third-order valence-corrected chi connectivity index (χ3v) is 3.56. The Morgan fingerprint density at radius 3 is 2.38 bits per heavy atom. The fourth-order valence-corrected chi connectivity index (χ4v) is 2.18. The number of benzene rings is 1. The molecule has 1 aromatic rings. The van der Waals surface area contributed by atoms with E-state index in [0.717, 1.165) is 25.0 Å². The van der Waals surface area contributed by atoms with E-state index in [9.17, 15) is 18.3 Å². The van der Waals surface area contributed by atoms with Gasteiger partial charge in [-0.25, -0.2) is 0 Å². The Labute approximate surface area is 122 Å². The molecule has 21 heavy (non-hydrogen) atoms. The normalized spacial score (nSPS) is 13.0. The summed E-state index contributed by atoms with van der Waals surface area (Å²) in [7, 11) is 0. The first kappa shape index (κ1) is 17.3. The van der Waals surface area contributed by atoms with Crippen LogP contribution in [0.3, 0.4) is 0 Å². The monoisotopic (exact) mass is 300 g/mol. The molecule has 0 amide bonds. The molecule has 0 spiro atoms. The molecule has 0 saturated carbocycles. The Morgan fingerprint density at radius 2 is 1.90 bits per heavy atom. The highest BCUT2D eigenvalue weighted by Crippen LogP contribution is 2.31. The van der Waals surface area contributed by atoms with Crippen LogP contribution in [0.15, 0.2) is 18.2 Å². The van der Waals surface area contributed by atoms with Crippen LogP contribution in [-0.2, 0) is 6.18 Å². The summed E-state index contributed by atoms with van der Waals surface area (Å²) >= 11 is 0. The molecule has 0 saturated heterocycles. The lowest BCUT2D eigenvalue weighted by atomic mass is 9.96. The maximum Gasteiger partial charge on any atom is 0.416 e. The van der Waals surface area contributed by atoms with Crippen molar-refractivity contribution in [2.75, 3.05) is 11.9 Å². The Hall–Kier alpha value is -1.74. The van der Waals surface area contributed by atoms with Crippen molar-refractivity contribution in [3.8, 4) is 6.07 Å². The van der Waals surface area contributed by atoms with Gasteiger partial charge in [0, 0.05) is 6.54 Å². The predicted molar refractivity (Wildman–Crippen MR) is 74.7 cm³/mol. The Bertz CT molecular complexity index is 505. The van der Waals surface area contributed by atoms with Crippen molar-refractivity contribution in [1.82, 2.24) is 0 Å². The summed E-state index contributed by atoms with van der Waals surface area (Å²) in [6.45, 7) is 4.14. The van der Waals surface area contributed by atoms with Crippen molar-refractivity contribution in [2.45, 2.75) is 39.0 Å². The summed E-state index contributed by atoms with van der Waals surface area (Å²) in [5, 5.41) is 21.8. The molecule has 0 bridgehead atoms. The molecular formula is C15H19F3N2O. The average Bonchev–Trinajstić information content (AvgIpc) is 2.45. The molecule has 1 rings (SSSR count). The number of nitrogens with zero attached hydrogens (tertiary/aromatic N) is 1. The molecule has 6 heteroatoms. The minimum Gasteiger partial charge on any atom is -0.391 e. The minimum absolute atomic E-state index is 0.0819. The zero-order chi connectivity index (χ0) is 16.0. The number of aliphatic hydroxyl groups is 1. The highest BCUT2D eigenvalue weighted by molar-refractivity contribution is 5.59. The van der Waals surface area contributed by atoms with Crippen molar-refractivity contribution in [1.29, 1.82) is 5.26 Å². The van der Waals surface area contributed by atoms with Crippen molar-refractivity contribution >= 4 is 5.69 Å². The molecule has 0 aliphatic rings. The molecule has 1 atom stereocenters. The minimum atomic E-state index is -4.47. The zero-order valence-corrected chi connectivity index (χ0v) is 12.0. The van der Waals surface area contributed by atoms with Gasteiger partial charge in [-0.15, -0.1) is 0 Å². The lowest BCUT2D eigenvalue weighted by Gasteiger charge is -2.21. The van der Waals surface area contributed by atoms with Gasteiger partial charge in [0.1, 0.15) is 6.07 Å². The number of alkyl halides is 3. The van der Waals surface area contributed by atoms with Gasteiger partial charge in [-0.05, 0) is 24.1 Å². The largest absolute Gasteiger partial charge is 0.416 e. The lowest BCUT2D eigenvalue weighted by Crippen LogP contribution is -2.28. The Morgan fingerprint density at radius 1 is 1.29 bits per heavy atom. The molecule has 1 unspecified atom stereocenters. The predicted octanol–water partition coefficient (Wildman–Crippen LogP) is 3.79. The second-order valence-electron chi connectivity index (χ2n) is 4.89. The highest BCUT2D eigenvalue weighted by Gasteiger charge is 2.31. The summed E-state index contributed by atoms with van der Waals surface area (Å²) in [5.41, 5.74) is -0.637. The van der Waals surface area contributed by atoms with E-state index in [-0.39, 0.29) is 18.0 Å². The molecule has 0 aliphatic heterocycles. The molecule has 0 fully saturated rings. The van der Waals surface area contributed by atoms with E-state index in [1.165, 1.54) is 6.07 Å². The van der Waals surface area contributed by atoms with Crippen LogP contribution in [0.2, 0.25) is 0 Å². The van der Waals surface area contributed by atoms with Gasteiger partial charge < -0.3 is 10.4 Å². The van der Waals surface area contributed by atoms with Crippen molar-refractivity contribution < 1.29 is 18.3 Å². The smallest absolute Gasteiger partial charge is 0.391 e. The summed E-state index contributed by atoms with van der Waals surface area (Å²) in [5.74, 6) is 0.123.